The van der Waals surface area contributed by atoms with Gasteiger partial charge in [0.1, 0.15) is 12.1 Å². The summed E-state index contributed by atoms with van der Waals surface area (Å²) in [6, 6.07) is 15.8. The monoisotopic (exact) mass is 622 g/mol. The number of carbonyl (C=O) groups excluding carboxylic acids is 1. The molecule has 0 aliphatic rings. The summed E-state index contributed by atoms with van der Waals surface area (Å²) >= 11 is 2.25. The number of halogens is 1. The minimum absolute atomic E-state index is 0.114. The molecule has 2 aromatic carbocycles. The Morgan fingerprint density at radius 1 is 1.03 bits per heavy atom. The van der Waals surface area contributed by atoms with Crippen LogP contribution in [0.1, 0.15) is 10.4 Å². The minimum Gasteiger partial charge on any atom is -0.496 e. The van der Waals surface area contributed by atoms with E-state index in [9.17, 15) is 4.79 Å². The van der Waals surface area contributed by atoms with Crippen LogP contribution in [-0.4, -0.2) is 50.9 Å². The van der Waals surface area contributed by atoms with Crippen molar-refractivity contribution >= 4 is 58.6 Å². The van der Waals surface area contributed by atoms with Crippen molar-refractivity contribution in [1.29, 1.82) is 0 Å². The van der Waals surface area contributed by atoms with E-state index in [1.165, 1.54) is 6.33 Å². The summed E-state index contributed by atoms with van der Waals surface area (Å²) in [5, 5.41) is 4.26. The van der Waals surface area contributed by atoms with Gasteiger partial charge in [-0.15, -0.1) is 0 Å². The molecule has 0 aliphatic carbocycles. The number of nitrogens with one attached hydrogen (secondary N) is 1. The number of benzene rings is 2. The normalized spacial score (nSPS) is 10.9. The van der Waals surface area contributed by atoms with Gasteiger partial charge in [-0.25, -0.2) is 15.0 Å². The third-order valence-electron chi connectivity index (χ3n) is 5.91. The fourth-order valence-electron chi connectivity index (χ4n) is 4.14. The van der Waals surface area contributed by atoms with Crippen molar-refractivity contribution in [2.45, 2.75) is 0 Å². The molecule has 186 valence electrons. The van der Waals surface area contributed by atoms with Crippen LogP contribution in [0.3, 0.4) is 0 Å². The molecule has 5 rings (SSSR count). The molecule has 10 heteroatoms. The van der Waals surface area contributed by atoms with Gasteiger partial charge >= 0.3 is 0 Å². The van der Waals surface area contributed by atoms with E-state index in [1.807, 2.05) is 52.6 Å². The number of methoxy groups -OCH3 is 1. The van der Waals surface area contributed by atoms with Crippen LogP contribution in [0, 0.1) is 0 Å². The number of para-hydroxylation sites is 1. The van der Waals surface area contributed by atoms with Gasteiger partial charge in [-0.2, -0.15) is 0 Å². The molecule has 8 nitrogen and oxygen atoms in total. The third kappa shape index (κ3) is 4.98. The molecule has 3 aromatic heterocycles. The lowest BCUT2D eigenvalue weighted by atomic mass is 9.99. The Hall–Kier alpha value is -3.64. The van der Waals surface area contributed by atoms with Gasteiger partial charge in [-0.05, 0) is 29.8 Å². The lowest BCUT2D eigenvalue weighted by Crippen LogP contribution is -2.22. The number of nitrogens with zero attached hydrogens (tertiary/aromatic N) is 5. The van der Waals surface area contributed by atoms with Gasteiger partial charge in [0.05, 0.1) is 36.4 Å². The number of ether oxygens (including phenoxy) is 1. The summed E-state index contributed by atoms with van der Waals surface area (Å²) < 4.78 is 7.68. The van der Waals surface area contributed by atoms with Gasteiger partial charge < -0.3 is 15.0 Å². The average Bonchev–Trinajstić information content (AvgIpc) is 3.31. The van der Waals surface area contributed by atoms with Crippen LogP contribution in [0.2, 0.25) is 0 Å². The van der Waals surface area contributed by atoms with Crippen molar-refractivity contribution in [2.75, 3.05) is 26.5 Å². The Labute approximate surface area is 230 Å². The molecule has 37 heavy (non-hydrogen) atoms. The molecule has 0 fully saturated rings. The van der Waals surface area contributed by atoms with Gasteiger partial charge in [0, 0.05) is 78.9 Å². The first-order chi connectivity index (χ1) is 18.0. The van der Waals surface area contributed by atoms with Crippen molar-refractivity contribution in [2.24, 2.45) is 0 Å². The summed E-state index contributed by atoms with van der Waals surface area (Å²) in [7, 11) is 6.71. The quantitative estimate of drug-likeness (QED) is 0.209. The maximum atomic E-state index is 13.1. The van der Waals surface area contributed by atoms with Crippen LogP contribution >= 0.6 is 30.3 Å². The second kappa shape index (κ2) is 10.8. The summed E-state index contributed by atoms with van der Waals surface area (Å²) in [6.45, 7) is 0. The molecule has 1 N–H and O–H groups in total. The maximum absolute atomic E-state index is 13.1. The summed E-state index contributed by atoms with van der Waals surface area (Å²) in [4.78, 5) is 27.6. The molecule has 0 bridgehead atoms. The van der Waals surface area contributed by atoms with Crippen molar-refractivity contribution < 1.29 is 9.53 Å². The van der Waals surface area contributed by atoms with E-state index in [-0.39, 0.29) is 5.91 Å². The molecule has 0 atom stereocenters. The summed E-state index contributed by atoms with van der Waals surface area (Å²) in [6.07, 6.45) is 8.71. The fraction of sp³-hybridized carbons (Fsp3) is 0.111. The van der Waals surface area contributed by atoms with Crippen molar-refractivity contribution in [3.8, 4) is 28.0 Å². The maximum Gasteiger partial charge on any atom is 0.255 e. The number of fused-ring (bicyclic) bond motifs is 1. The smallest absolute Gasteiger partial charge is 0.255 e. The molecule has 0 spiro atoms. The molecule has 5 aromatic rings. The number of aromatic nitrogens is 4. The zero-order chi connectivity index (χ0) is 25.9. The standard InChI is InChI=1S/C27H23IN6O2S/c1-33(2)27(35)22-10-17(8-9-24(22)32-19-13-29-16-30-14-19)18-11-21-23(15-34(37-28)26(21)31-12-18)20-6-4-5-7-25(20)36-3/h4-16,32H,1-3H3. The van der Waals surface area contributed by atoms with Gasteiger partial charge in [-0.1, -0.05) is 24.3 Å². The van der Waals surface area contributed by atoms with E-state index < -0.39 is 0 Å². The number of carbonyl (C=O) groups is 1. The molecule has 3 heterocycles. The number of anilines is 2. The highest BCUT2D eigenvalue weighted by atomic mass is 127. The topological polar surface area (TPSA) is 85.2 Å². The Morgan fingerprint density at radius 3 is 2.54 bits per heavy atom. The summed E-state index contributed by atoms with van der Waals surface area (Å²) in [5.74, 6) is 0.682. The number of rotatable bonds is 7. The van der Waals surface area contributed by atoms with Crippen LogP contribution in [0.4, 0.5) is 11.4 Å². The minimum atomic E-state index is -0.114. The number of hydrogen-bond donors (Lipinski definition) is 1. The highest BCUT2D eigenvalue weighted by molar-refractivity contribution is 14.2. The zero-order valence-electron chi connectivity index (χ0n) is 20.3. The summed E-state index contributed by atoms with van der Waals surface area (Å²) in [5.41, 5.74) is 6.58. The first kappa shape index (κ1) is 25.0. The average molecular weight is 622 g/mol. The molecular weight excluding hydrogens is 599 g/mol. The second-order valence-corrected chi connectivity index (χ2v) is 10.2. The molecule has 1 amide bonds. The Balaban J connectivity index is 1.64. The van der Waals surface area contributed by atoms with E-state index in [0.29, 0.717) is 16.9 Å². The van der Waals surface area contributed by atoms with Crippen molar-refractivity contribution in [1.82, 2.24) is 23.8 Å². The van der Waals surface area contributed by atoms with E-state index in [0.717, 1.165) is 39.0 Å². The number of pyridine rings is 1. The Morgan fingerprint density at radius 2 is 1.81 bits per heavy atom. The predicted octanol–water partition coefficient (Wildman–Crippen LogP) is 6.46. The third-order valence-corrected chi connectivity index (χ3v) is 7.61. The zero-order valence-corrected chi connectivity index (χ0v) is 23.3. The first-order valence-electron chi connectivity index (χ1n) is 11.3. The molecule has 0 saturated carbocycles. The van der Waals surface area contributed by atoms with Crippen LogP contribution in [0.25, 0.3) is 33.3 Å². The SMILES string of the molecule is COc1ccccc1-c1cn(SI)c2ncc(-c3ccc(Nc4cncnc4)c(C(=O)N(C)C)c3)cc12. The molecular formula is C27H23IN6O2S. The predicted molar refractivity (Wildman–Crippen MR) is 157 cm³/mol. The second-order valence-electron chi connectivity index (χ2n) is 8.45. The fourth-order valence-corrected chi connectivity index (χ4v) is 5.40. The highest BCUT2D eigenvalue weighted by Crippen LogP contribution is 2.39. The Bertz CT molecular complexity index is 1590. The number of hydrogen-bond acceptors (Lipinski definition) is 7. The lowest BCUT2D eigenvalue weighted by molar-refractivity contribution is 0.0828. The van der Waals surface area contributed by atoms with Gasteiger partial charge in [-0.3, -0.25) is 8.77 Å². The van der Waals surface area contributed by atoms with Crippen LogP contribution in [0.15, 0.2) is 79.6 Å². The lowest BCUT2D eigenvalue weighted by Gasteiger charge is -2.17. The molecule has 0 unspecified atom stereocenters. The largest absolute Gasteiger partial charge is 0.496 e. The molecule has 0 radical (unpaired) electrons. The van der Waals surface area contributed by atoms with E-state index in [4.69, 9.17) is 9.72 Å². The van der Waals surface area contributed by atoms with Crippen molar-refractivity contribution in [3.63, 3.8) is 0 Å². The Kier molecular flexibility index (Phi) is 7.28. The van der Waals surface area contributed by atoms with Crippen molar-refractivity contribution in [3.05, 3.63) is 85.2 Å². The van der Waals surface area contributed by atoms with E-state index >= 15 is 0 Å². The van der Waals surface area contributed by atoms with Gasteiger partial charge in [0.25, 0.3) is 5.91 Å². The van der Waals surface area contributed by atoms with Gasteiger partial charge in [0.15, 0.2) is 5.65 Å². The molecule has 0 saturated heterocycles. The van der Waals surface area contributed by atoms with E-state index in [1.54, 1.807) is 47.6 Å². The highest BCUT2D eigenvalue weighted by Gasteiger charge is 2.18. The first-order valence-corrected chi connectivity index (χ1v) is 14.6. The molecule has 0 aliphatic heterocycles. The van der Waals surface area contributed by atoms with Crippen LogP contribution in [0.5, 0.6) is 5.75 Å². The number of amides is 1. The van der Waals surface area contributed by atoms with E-state index in [2.05, 4.69) is 48.8 Å². The van der Waals surface area contributed by atoms with Crippen LogP contribution < -0.4 is 10.1 Å². The van der Waals surface area contributed by atoms with Crippen LogP contribution in [-0.2, 0) is 0 Å². The van der Waals surface area contributed by atoms with Gasteiger partial charge in [0.2, 0.25) is 0 Å².